The van der Waals surface area contributed by atoms with E-state index in [-0.39, 0.29) is 11.4 Å². The number of aromatic nitrogens is 1. The topological polar surface area (TPSA) is 8.17 Å². The molecule has 0 radical (unpaired) electrons. The van der Waals surface area contributed by atoms with Crippen LogP contribution in [0.2, 0.25) is 0 Å². The summed E-state index contributed by atoms with van der Waals surface area (Å²) in [6.45, 7) is 0. The molecule has 258 valence electrons. The van der Waals surface area contributed by atoms with Gasteiger partial charge in [-0.05, 0) is 98.7 Å². The first-order chi connectivity index (χ1) is 26.4. The maximum atomic E-state index is 14.5. The van der Waals surface area contributed by atoms with Gasteiger partial charge in [-0.2, -0.15) is 0 Å². The van der Waals surface area contributed by atoms with Crippen molar-refractivity contribution in [2.75, 3.05) is 4.90 Å². The molecule has 0 atom stereocenters. The molecule has 1 heterocycles. The highest BCUT2D eigenvalue weighted by atomic mass is 19.1. The van der Waals surface area contributed by atoms with Crippen LogP contribution in [0.15, 0.2) is 170 Å². The number of rotatable bonds is 5. The van der Waals surface area contributed by atoms with Crippen molar-refractivity contribution in [3.63, 3.8) is 0 Å². The molecule has 0 aliphatic carbocycles. The van der Waals surface area contributed by atoms with Gasteiger partial charge in [-0.25, -0.2) is 17.6 Å². The molecule has 0 saturated carbocycles. The van der Waals surface area contributed by atoms with E-state index < -0.39 is 23.3 Å². The lowest BCUT2D eigenvalue weighted by molar-refractivity contribution is 0.582. The Kier molecular flexibility index (Phi) is 7.27. The second-order valence-corrected chi connectivity index (χ2v) is 13.5. The lowest BCUT2D eigenvalue weighted by Gasteiger charge is -2.26. The van der Waals surface area contributed by atoms with Crippen molar-refractivity contribution in [2.24, 2.45) is 0 Å². The zero-order chi connectivity index (χ0) is 36.5. The normalized spacial score (nSPS) is 11.7. The minimum atomic E-state index is -0.807. The maximum Gasteiger partial charge on any atom is 0.128 e. The molecule has 2 nitrogen and oxygen atoms in total. The summed E-state index contributed by atoms with van der Waals surface area (Å²) in [7, 11) is 0. The van der Waals surface area contributed by atoms with Crippen molar-refractivity contribution >= 4 is 71.2 Å². The summed E-state index contributed by atoms with van der Waals surface area (Å²) in [5.74, 6) is -3.23. The van der Waals surface area contributed by atoms with Gasteiger partial charge in [0.1, 0.15) is 23.3 Å². The van der Waals surface area contributed by atoms with E-state index in [1.807, 2.05) is 24.3 Å². The Hall–Kier alpha value is -6.92. The number of hydrogen-bond donors (Lipinski definition) is 0. The summed E-state index contributed by atoms with van der Waals surface area (Å²) >= 11 is 0. The second kappa shape index (κ2) is 12.3. The van der Waals surface area contributed by atoms with Gasteiger partial charge in [-0.15, -0.1) is 0 Å². The molecule has 0 aliphatic heterocycles. The Morgan fingerprint density at radius 1 is 0.370 bits per heavy atom. The number of benzene rings is 9. The van der Waals surface area contributed by atoms with Gasteiger partial charge in [0.25, 0.3) is 0 Å². The van der Waals surface area contributed by atoms with E-state index in [2.05, 4.69) is 102 Å². The Balaban J connectivity index is 1.25. The third-order valence-corrected chi connectivity index (χ3v) is 10.3. The molecule has 6 heteroatoms. The van der Waals surface area contributed by atoms with Crippen LogP contribution in [0, 0.1) is 23.3 Å². The van der Waals surface area contributed by atoms with Gasteiger partial charge >= 0.3 is 0 Å². The van der Waals surface area contributed by atoms with E-state index in [4.69, 9.17) is 0 Å². The average Bonchev–Trinajstić information content (AvgIpc) is 3.53. The molecule has 0 N–H and O–H groups in total. The third kappa shape index (κ3) is 5.02. The smallest absolute Gasteiger partial charge is 0.128 e. The predicted octanol–water partition coefficient (Wildman–Crippen LogP) is 13.9. The lowest BCUT2D eigenvalue weighted by atomic mass is 9.89. The van der Waals surface area contributed by atoms with E-state index >= 15 is 0 Å². The van der Waals surface area contributed by atoms with Crippen LogP contribution in [-0.4, -0.2) is 4.57 Å². The monoisotopic (exact) mass is 708 g/mol. The van der Waals surface area contributed by atoms with E-state index in [1.165, 1.54) is 15.7 Å². The van der Waals surface area contributed by atoms with Gasteiger partial charge in [0, 0.05) is 39.7 Å². The van der Waals surface area contributed by atoms with Gasteiger partial charge in [-0.3, -0.25) is 0 Å². The average molecular weight is 709 g/mol. The number of nitrogens with zero attached hydrogens (tertiary/aromatic N) is 2. The Bertz CT molecular complexity index is 3000. The van der Waals surface area contributed by atoms with Crippen molar-refractivity contribution in [1.82, 2.24) is 4.57 Å². The highest BCUT2D eigenvalue weighted by molar-refractivity contribution is 6.37. The standard InChI is InChI=1S/C48H28F4N2/c49-30-22-31(50)25-36(24-30)53(37-26-32(51)23-33(52)27-37)35-20-18-29(19-21-35)43-28-44-39-13-5-7-15-41(39)46-42-16-8-9-17-45(42)54(34-10-2-1-3-11-34)48(46)47(44)40-14-6-4-12-38(40)43/h1-28H. The number of anilines is 3. The number of halogens is 4. The lowest BCUT2D eigenvalue weighted by Crippen LogP contribution is -2.11. The minimum Gasteiger partial charge on any atom is -0.310 e. The van der Waals surface area contributed by atoms with Crippen molar-refractivity contribution in [1.29, 1.82) is 0 Å². The molecule has 1 aromatic heterocycles. The first-order valence-corrected chi connectivity index (χ1v) is 17.6. The van der Waals surface area contributed by atoms with Crippen LogP contribution in [0.5, 0.6) is 0 Å². The van der Waals surface area contributed by atoms with Crippen LogP contribution in [0.4, 0.5) is 34.6 Å². The first kappa shape index (κ1) is 31.8. The van der Waals surface area contributed by atoms with Crippen molar-refractivity contribution in [3.8, 4) is 16.8 Å². The summed E-state index contributed by atoms with van der Waals surface area (Å²) in [4.78, 5) is 1.44. The van der Waals surface area contributed by atoms with Gasteiger partial charge in [-0.1, -0.05) is 97.1 Å². The summed E-state index contributed by atoms with van der Waals surface area (Å²) in [6, 6.07) is 51.8. The van der Waals surface area contributed by atoms with Crippen molar-refractivity contribution in [2.45, 2.75) is 0 Å². The highest BCUT2D eigenvalue weighted by Gasteiger charge is 2.22. The summed E-state index contributed by atoms with van der Waals surface area (Å²) in [5.41, 5.74) is 5.88. The number of para-hydroxylation sites is 2. The van der Waals surface area contributed by atoms with Crippen molar-refractivity contribution < 1.29 is 17.6 Å². The van der Waals surface area contributed by atoms with Gasteiger partial charge in [0.15, 0.2) is 0 Å². The van der Waals surface area contributed by atoms with E-state index in [1.54, 1.807) is 12.1 Å². The molecule has 0 spiro atoms. The summed E-state index contributed by atoms with van der Waals surface area (Å²) in [6.07, 6.45) is 0. The Morgan fingerprint density at radius 3 is 1.46 bits per heavy atom. The molecular formula is C48H28F4N2. The quantitative estimate of drug-likeness (QED) is 0.128. The SMILES string of the molecule is Fc1cc(F)cc(N(c2ccc(-c3cc4c5ccccc5c5c6ccccc6n(-c6ccccc6)c5c4c4ccccc34)cc2)c2cc(F)cc(F)c2)c1. The molecule has 0 amide bonds. The molecule has 0 unspecified atom stereocenters. The summed E-state index contributed by atoms with van der Waals surface area (Å²) < 4.78 is 60.4. The molecular weight excluding hydrogens is 681 g/mol. The number of hydrogen-bond acceptors (Lipinski definition) is 1. The highest BCUT2D eigenvalue weighted by Crippen LogP contribution is 2.47. The molecule has 0 aliphatic rings. The zero-order valence-electron chi connectivity index (χ0n) is 28.6. The fraction of sp³-hybridized carbons (Fsp3) is 0. The van der Waals surface area contributed by atoms with E-state index in [0.717, 1.165) is 96.6 Å². The third-order valence-electron chi connectivity index (χ3n) is 10.3. The zero-order valence-corrected chi connectivity index (χ0v) is 28.6. The minimum absolute atomic E-state index is 0.0886. The molecule has 9 aromatic carbocycles. The van der Waals surface area contributed by atoms with Crippen LogP contribution in [0.3, 0.4) is 0 Å². The van der Waals surface area contributed by atoms with Crippen LogP contribution >= 0.6 is 0 Å². The van der Waals surface area contributed by atoms with E-state index in [0.29, 0.717) is 5.69 Å². The largest absolute Gasteiger partial charge is 0.310 e. The molecule has 54 heavy (non-hydrogen) atoms. The fourth-order valence-corrected chi connectivity index (χ4v) is 8.19. The molecule has 0 bridgehead atoms. The second-order valence-electron chi connectivity index (χ2n) is 13.5. The predicted molar refractivity (Wildman–Crippen MR) is 213 cm³/mol. The molecule has 0 fully saturated rings. The summed E-state index contributed by atoms with van der Waals surface area (Å²) in [5, 5.41) is 9.05. The Labute approximate surface area is 307 Å². The van der Waals surface area contributed by atoms with Gasteiger partial charge in [0.05, 0.1) is 22.4 Å². The van der Waals surface area contributed by atoms with Crippen LogP contribution < -0.4 is 4.90 Å². The number of fused-ring (bicyclic) bond motifs is 10. The van der Waals surface area contributed by atoms with Crippen LogP contribution in [-0.2, 0) is 0 Å². The van der Waals surface area contributed by atoms with Crippen LogP contribution in [0.1, 0.15) is 0 Å². The van der Waals surface area contributed by atoms with Gasteiger partial charge in [0.2, 0.25) is 0 Å². The first-order valence-electron chi connectivity index (χ1n) is 17.6. The molecule has 10 aromatic rings. The van der Waals surface area contributed by atoms with E-state index in [9.17, 15) is 17.6 Å². The van der Waals surface area contributed by atoms with Crippen molar-refractivity contribution in [3.05, 3.63) is 193 Å². The molecule has 0 saturated heterocycles. The van der Waals surface area contributed by atoms with Gasteiger partial charge < -0.3 is 9.47 Å². The molecule has 10 rings (SSSR count). The Morgan fingerprint density at radius 2 is 0.852 bits per heavy atom. The maximum absolute atomic E-state index is 14.5. The van der Waals surface area contributed by atoms with Crippen LogP contribution in [0.25, 0.3) is 70.9 Å². The fourth-order valence-electron chi connectivity index (χ4n) is 8.19.